The SMILES string of the molecule is CCCC(N)C(=O)N1CCC(n2cc(Br)cn2)CC1.Cl. The van der Waals surface area contributed by atoms with Crippen LogP contribution in [0, 0.1) is 0 Å². The molecular weight excluding hydrogens is 344 g/mol. The Morgan fingerprint density at radius 2 is 2.20 bits per heavy atom. The van der Waals surface area contributed by atoms with E-state index in [9.17, 15) is 4.79 Å². The van der Waals surface area contributed by atoms with Crippen molar-refractivity contribution in [3.05, 3.63) is 16.9 Å². The molecule has 1 saturated heterocycles. The van der Waals surface area contributed by atoms with Gasteiger partial charge in [-0.1, -0.05) is 13.3 Å². The number of aromatic nitrogens is 2. The summed E-state index contributed by atoms with van der Waals surface area (Å²) in [5.74, 6) is 0.0990. The van der Waals surface area contributed by atoms with Crippen LogP contribution in [0.1, 0.15) is 38.6 Å². The second-order valence-electron chi connectivity index (χ2n) is 5.09. The van der Waals surface area contributed by atoms with Crippen LogP contribution in [0.15, 0.2) is 16.9 Å². The van der Waals surface area contributed by atoms with E-state index < -0.39 is 0 Å². The third kappa shape index (κ3) is 4.20. The first kappa shape index (κ1) is 17.5. The van der Waals surface area contributed by atoms with Crippen LogP contribution in [0.3, 0.4) is 0 Å². The van der Waals surface area contributed by atoms with Gasteiger partial charge in [0.25, 0.3) is 0 Å². The van der Waals surface area contributed by atoms with Gasteiger partial charge < -0.3 is 10.6 Å². The molecule has 1 aromatic heterocycles. The molecule has 0 saturated carbocycles. The lowest BCUT2D eigenvalue weighted by Crippen LogP contribution is -2.47. The van der Waals surface area contributed by atoms with Gasteiger partial charge in [0.15, 0.2) is 0 Å². The summed E-state index contributed by atoms with van der Waals surface area (Å²) in [5.41, 5.74) is 5.89. The van der Waals surface area contributed by atoms with Gasteiger partial charge in [0.2, 0.25) is 5.91 Å². The normalized spacial score (nSPS) is 17.6. The number of hydrogen-bond acceptors (Lipinski definition) is 3. The molecule has 0 aliphatic carbocycles. The van der Waals surface area contributed by atoms with Crippen molar-refractivity contribution in [2.45, 2.75) is 44.7 Å². The molecule has 1 atom stereocenters. The van der Waals surface area contributed by atoms with Crippen molar-refractivity contribution in [2.24, 2.45) is 5.73 Å². The Morgan fingerprint density at radius 1 is 1.55 bits per heavy atom. The number of nitrogens with zero attached hydrogens (tertiary/aromatic N) is 3. The number of likely N-dealkylation sites (tertiary alicyclic amines) is 1. The molecule has 2 heterocycles. The first-order chi connectivity index (χ1) is 9.11. The molecule has 1 fully saturated rings. The number of amides is 1. The molecule has 1 aliphatic rings. The maximum atomic E-state index is 12.1. The minimum absolute atomic E-state index is 0. The fourth-order valence-electron chi connectivity index (χ4n) is 2.53. The molecule has 20 heavy (non-hydrogen) atoms. The topological polar surface area (TPSA) is 64.2 Å². The fraction of sp³-hybridized carbons (Fsp3) is 0.692. The largest absolute Gasteiger partial charge is 0.341 e. The molecule has 7 heteroatoms. The van der Waals surface area contributed by atoms with E-state index in [1.807, 2.05) is 15.8 Å². The van der Waals surface area contributed by atoms with Gasteiger partial charge in [-0.3, -0.25) is 9.48 Å². The predicted molar refractivity (Wildman–Crippen MR) is 84.9 cm³/mol. The van der Waals surface area contributed by atoms with E-state index in [0.29, 0.717) is 6.04 Å². The monoisotopic (exact) mass is 364 g/mol. The van der Waals surface area contributed by atoms with Crippen LogP contribution in [0.2, 0.25) is 0 Å². The molecule has 1 unspecified atom stereocenters. The van der Waals surface area contributed by atoms with Crippen molar-refractivity contribution in [1.29, 1.82) is 0 Å². The highest BCUT2D eigenvalue weighted by molar-refractivity contribution is 9.10. The standard InChI is InChI=1S/C13H21BrN4O.ClH/c1-2-3-12(15)13(19)17-6-4-11(5-7-17)18-9-10(14)8-16-18;/h8-9,11-12H,2-7,15H2,1H3;1H. The number of nitrogens with two attached hydrogens (primary N) is 1. The van der Waals surface area contributed by atoms with E-state index in [-0.39, 0.29) is 24.4 Å². The van der Waals surface area contributed by atoms with E-state index in [1.54, 1.807) is 6.20 Å². The molecule has 0 bridgehead atoms. The number of carbonyl (C=O) groups is 1. The van der Waals surface area contributed by atoms with Crippen LogP contribution in [0.25, 0.3) is 0 Å². The second kappa shape index (κ2) is 8.00. The highest BCUT2D eigenvalue weighted by atomic mass is 79.9. The average molecular weight is 366 g/mol. The lowest BCUT2D eigenvalue weighted by atomic mass is 10.0. The van der Waals surface area contributed by atoms with Crippen molar-refractivity contribution >= 4 is 34.2 Å². The third-order valence-electron chi connectivity index (χ3n) is 3.64. The molecule has 2 N–H and O–H groups in total. The van der Waals surface area contributed by atoms with E-state index in [2.05, 4.69) is 28.0 Å². The first-order valence-electron chi connectivity index (χ1n) is 6.85. The maximum Gasteiger partial charge on any atom is 0.239 e. The summed E-state index contributed by atoms with van der Waals surface area (Å²) in [6.07, 6.45) is 7.40. The number of hydrogen-bond donors (Lipinski definition) is 1. The van der Waals surface area contributed by atoms with Crippen molar-refractivity contribution in [2.75, 3.05) is 13.1 Å². The Bertz CT molecular complexity index is 432. The zero-order chi connectivity index (χ0) is 13.8. The van der Waals surface area contributed by atoms with Crippen LogP contribution in [-0.2, 0) is 4.79 Å². The number of piperidine rings is 1. The van der Waals surface area contributed by atoms with Gasteiger partial charge in [-0.2, -0.15) is 5.10 Å². The molecule has 1 aromatic rings. The number of carbonyl (C=O) groups excluding carboxylic acids is 1. The van der Waals surface area contributed by atoms with Gasteiger partial charge in [-0.05, 0) is 35.2 Å². The quantitative estimate of drug-likeness (QED) is 0.891. The Morgan fingerprint density at radius 3 is 2.70 bits per heavy atom. The van der Waals surface area contributed by atoms with Gasteiger partial charge >= 0.3 is 0 Å². The summed E-state index contributed by atoms with van der Waals surface area (Å²) in [6.45, 7) is 3.60. The Hall–Kier alpha value is -0.590. The average Bonchev–Trinajstić information content (AvgIpc) is 2.85. The Labute approximate surface area is 134 Å². The zero-order valence-electron chi connectivity index (χ0n) is 11.7. The van der Waals surface area contributed by atoms with Gasteiger partial charge in [0, 0.05) is 19.3 Å². The number of rotatable bonds is 4. The highest BCUT2D eigenvalue weighted by Crippen LogP contribution is 2.23. The van der Waals surface area contributed by atoms with E-state index in [0.717, 1.165) is 43.2 Å². The lowest BCUT2D eigenvalue weighted by molar-refractivity contribution is -0.134. The molecular formula is C13H22BrClN4O. The second-order valence-corrected chi connectivity index (χ2v) is 6.01. The Kier molecular flexibility index (Phi) is 6.99. The van der Waals surface area contributed by atoms with E-state index >= 15 is 0 Å². The van der Waals surface area contributed by atoms with Crippen LogP contribution in [0.4, 0.5) is 0 Å². The summed E-state index contributed by atoms with van der Waals surface area (Å²) in [4.78, 5) is 14.0. The fourth-order valence-corrected chi connectivity index (χ4v) is 2.84. The molecule has 1 amide bonds. The predicted octanol–water partition coefficient (Wildman–Crippen LogP) is 2.36. The summed E-state index contributed by atoms with van der Waals surface area (Å²) in [5, 5.41) is 4.32. The highest BCUT2D eigenvalue weighted by Gasteiger charge is 2.26. The minimum atomic E-state index is -0.333. The third-order valence-corrected chi connectivity index (χ3v) is 4.05. The van der Waals surface area contributed by atoms with Crippen LogP contribution in [0.5, 0.6) is 0 Å². The lowest BCUT2D eigenvalue weighted by Gasteiger charge is -2.33. The molecule has 114 valence electrons. The maximum absolute atomic E-state index is 12.1. The van der Waals surface area contributed by atoms with Crippen LogP contribution < -0.4 is 5.73 Å². The molecule has 5 nitrogen and oxygen atoms in total. The van der Waals surface area contributed by atoms with Crippen LogP contribution in [-0.4, -0.2) is 39.7 Å². The zero-order valence-corrected chi connectivity index (χ0v) is 14.1. The summed E-state index contributed by atoms with van der Waals surface area (Å²) in [6, 6.07) is 0.0538. The smallest absolute Gasteiger partial charge is 0.239 e. The van der Waals surface area contributed by atoms with Crippen molar-refractivity contribution in [3.63, 3.8) is 0 Å². The van der Waals surface area contributed by atoms with Gasteiger partial charge in [-0.15, -0.1) is 12.4 Å². The van der Waals surface area contributed by atoms with Crippen molar-refractivity contribution < 1.29 is 4.79 Å². The summed E-state index contributed by atoms with van der Waals surface area (Å²) < 4.78 is 2.98. The van der Waals surface area contributed by atoms with E-state index in [1.165, 1.54) is 0 Å². The number of halogens is 2. The summed E-state index contributed by atoms with van der Waals surface area (Å²) in [7, 11) is 0. The first-order valence-corrected chi connectivity index (χ1v) is 7.65. The molecule has 0 spiro atoms. The molecule has 0 radical (unpaired) electrons. The van der Waals surface area contributed by atoms with Crippen LogP contribution >= 0.6 is 28.3 Å². The van der Waals surface area contributed by atoms with Crippen molar-refractivity contribution in [1.82, 2.24) is 14.7 Å². The summed E-state index contributed by atoms with van der Waals surface area (Å²) >= 11 is 3.41. The van der Waals surface area contributed by atoms with Gasteiger partial charge in [-0.25, -0.2) is 0 Å². The van der Waals surface area contributed by atoms with Gasteiger partial charge in [0.1, 0.15) is 0 Å². The molecule has 2 rings (SSSR count). The van der Waals surface area contributed by atoms with Gasteiger partial charge in [0.05, 0.1) is 22.8 Å². The molecule has 1 aliphatic heterocycles. The van der Waals surface area contributed by atoms with E-state index in [4.69, 9.17) is 5.73 Å². The van der Waals surface area contributed by atoms with Crippen molar-refractivity contribution in [3.8, 4) is 0 Å². The molecule has 0 aromatic carbocycles. The minimum Gasteiger partial charge on any atom is -0.341 e. The Balaban J connectivity index is 0.00000200.